The van der Waals surface area contributed by atoms with E-state index in [9.17, 15) is 14.4 Å². The molecule has 35 heavy (non-hydrogen) atoms. The first-order valence-corrected chi connectivity index (χ1v) is 12.0. The SMILES string of the molecule is NC(=O)[C@H](Cc1c[nH]cn1)NC(=O)C(CC(=O)N1CCC(N)CC1)Cc1cccc2ccccc12. The van der Waals surface area contributed by atoms with Gasteiger partial charge in [-0.1, -0.05) is 42.5 Å². The Bertz CT molecular complexity index is 1170. The number of aromatic amines is 1. The topological polar surface area (TPSA) is 147 Å². The number of hydrogen-bond donors (Lipinski definition) is 4. The number of piperidine rings is 1. The van der Waals surface area contributed by atoms with E-state index in [4.69, 9.17) is 11.5 Å². The van der Waals surface area contributed by atoms with Crippen LogP contribution < -0.4 is 16.8 Å². The summed E-state index contributed by atoms with van der Waals surface area (Å²) < 4.78 is 0. The van der Waals surface area contributed by atoms with Crippen LogP contribution in [0, 0.1) is 5.92 Å². The van der Waals surface area contributed by atoms with E-state index in [0.29, 0.717) is 25.2 Å². The highest BCUT2D eigenvalue weighted by Crippen LogP contribution is 2.24. The first-order valence-electron chi connectivity index (χ1n) is 12.0. The summed E-state index contributed by atoms with van der Waals surface area (Å²) in [6.45, 7) is 1.18. The molecule has 1 aromatic heterocycles. The number of H-pyrrole nitrogens is 1. The predicted octanol–water partition coefficient (Wildman–Crippen LogP) is 1.27. The molecule has 6 N–H and O–H groups in total. The lowest BCUT2D eigenvalue weighted by Gasteiger charge is -2.31. The average Bonchev–Trinajstić information content (AvgIpc) is 3.37. The third-order valence-electron chi connectivity index (χ3n) is 6.66. The molecule has 1 unspecified atom stereocenters. The number of carbonyl (C=O) groups is 3. The summed E-state index contributed by atoms with van der Waals surface area (Å²) in [5, 5.41) is 4.88. The molecule has 9 nitrogen and oxygen atoms in total. The third kappa shape index (κ3) is 6.24. The van der Waals surface area contributed by atoms with E-state index in [1.54, 1.807) is 11.1 Å². The number of aromatic nitrogens is 2. The lowest BCUT2D eigenvalue weighted by molar-refractivity contribution is -0.137. The summed E-state index contributed by atoms with van der Waals surface area (Å²) in [4.78, 5) is 47.4. The van der Waals surface area contributed by atoms with Crippen LogP contribution in [-0.4, -0.2) is 57.8 Å². The maximum atomic E-state index is 13.5. The van der Waals surface area contributed by atoms with Crippen molar-refractivity contribution in [3.8, 4) is 0 Å². The normalized spacial score (nSPS) is 16.1. The molecule has 3 aromatic rings. The van der Waals surface area contributed by atoms with Gasteiger partial charge in [0.15, 0.2) is 0 Å². The molecular formula is C26H32N6O3. The van der Waals surface area contributed by atoms with Crippen LogP contribution in [0.25, 0.3) is 10.8 Å². The van der Waals surface area contributed by atoms with Crippen LogP contribution in [0.5, 0.6) is 0 Å². The fraction of sp³-hybridized carbons (Fsp3) is 0.385. The molecule has 1 saturated heterocycles. The van der Waals surface area contributed by atoms with Gasteiger partial charge in [-0.05, 0) is 35.6 Å². The Kier molecular flexibility index (Phi) is 7.77. The average molecular weight is 477 g/mol. The number of carbonyl (C=O) groups excluding carboxylic acids is 3. The van der Waals surface area contributed by atoms with Crippen molar-refractivity contribution in [1.82, 2.24) is 20.2 Å². The number of nitrogens with zero attached hydrogens (tertiary/aromatic N) is 2. The Labute approximate surface area is 204 Å². The minimum absolute atomic E-state index is 0.0399. The van der Waals surface area contributed by atoms with Gasteiger partial charge in [-0.15, -0.1) is 0 Å². The highest BCUT2D eigenvalue weighted by molar-refractivity contribution is 5.91. The molecule has 0 radical (unpaired) electrons. The molecule has 0 spiro atoms. The third-order valence-corrected chi connectivity index (χ3v) is 6.66. The number of hydrogen-bond acceptors (Lipinski definition) is 5. The lowest BCUT2D eigenvalue weighted by Crippen LogP contribution is -2.49. The molecule has 0 saturated carbocycles. The number of primary amides is 1. The van der Waals surface area contributed by atoms with E-state index in [1.807, 2.05) is 42.5 Å². The van der Waals surface area contributed by atoms with Gasteiger partial charge in [0.1, 0.15) is 6.04 Å². The molecule has 9 heteroatoms. The van der Waals surface area contributed by atoms with Crippen LogP contribution >= 0.6 is 0 Å². The fourth-order valence-corrected chi connectivity index (χ4v) is 4.61. The quantitative estimate of drug-likeness (QED) is 0.367. The maximum Gasteiger partial charge on any atom is 0.240 e. The summed E-state index contributed by atoms with van der Waals surface area (Å²) in [5.41, 5.74) is 13.2. The molecule has 2 heterocycles. The molecule has 3 amide bonds. The van der Waals surface area contributed by atoms with E-state index >= 15 is 0 Å². The number of nitrogens with one attached hydrogen (secondary N) is 2. The van der Waals surface area contributed by atoms with Crippen molar-refractivity contribution in [2.75, 3.05) is 13.1 Å². The second kappa shape index (κ2) is 11.1. The van der Waals surface area contributed by atoms with Crippen molar-refractivity contribution < 1.29 is 14.4 Å². The van der Waals surface area contributed by atoms with Crippen molar-refractivity contribution in [2.24, 2.45) is 17.4 Å². The number of imidazole rings is 1. The van der Waals surface area contributed by atoms with Gasteiger partial charge < -0.3 is 26.7 Å². The summed E-state index contributed by atoms with van der Waals surface area (Å²) in [6, 6.07) is 13.1. The summed E-state index contributed by atoms with van der Waals surface area (Å²) >= 11 is 0. The molecule has 184 valence electrons. The zero-order chi connectivity index (χ0) is 24.8. The van der Waals surface area contributed by atoms with Crippen LogP contribution in [0.4, 0.5) is 0 Å². The second-order valence-corrected chi connectivity index (χ2v) is 9.19. The highest BCUT2D eigenvalue weighted by Gasteiger charge is 2.30. The summed E-state index contributed by atoms with van der Waals surface area (Å²) in [7, 11) is 0. The Morgan fingerprint density at radius 1 is 1.09 bits per heavy atom. The number of amides is 3. The Morgan fingerprint density at radius 3 is 2.54 bits per heavy atom. The van der Waals surface area contributed by atoms with Crippen LogP contribution in [0.3, 0.4) is 0 Å². The number of benzene rings is 2. The van der Waals surface area contributed by atoms with Crippen LogP contribution in [0.2, 0.25) is 0 Å². The molecule has 1 fully saturated rings. The van der Waals surface area contributed by atoms with E-state index < -0.39 is 17.9 Å². The molecule has 1 aliphatic heterocycles. The van der Waals surface area contributed by atoms with Gasteiger partial charge in [0.2, 0.25) is 17.7 Å². The predicted molar refractivity (Wildman–Crippen MR) is 133 cm³/mol. The van der Waals surface area contributed by atoms with E-state index in [-0.39, 0.29) is 30.7 Å². The van der Waals surface area contributed by atoms with Gasteiger partial charge in [0.05, 0.1) is 17.9 Å². The second-order valence-electron chi connectivity index (χ2n) is 9.19. The van der Waals surface area contributed by atoms with Gasteiger partial charge in [-0.2, -0.15) is 0 Å². The first kappa shape index (κ1) is 24.4. The summed E-state index contributed by atoms with van der Waals surface area (Å²) in [5.74, 6) is -1.77. The fourth-order valence-electron chi connectivity index (χ4n) is 4.61. The zero-order valence-corrected chi connectivity index (χ0v) is 19.7. The highest BCUT2D eigenvalue weighted by atomic mass is 16.2. The van der Waals surface area contributed by atoms with Crippen molar-refractivity contribution in [3.63, 3.8) is 0 Å². The van der Waals surface area contributed by atoms with Crippen LogP contribution in [0.1, 0.15) is 30.5 Å². The standard InChI is InChI=1S/C26H32N6O3/c27-20-8-10-32(11-9-20)24(33)13-19(12-18-6-3-5-17-4-1-2-7-22(17)18)26(35)31-23(25(28)34)14-21-15-29-16-30-21/h1-7,15-16,19-20,23H,8-14,27H2,(H2,28,34)(H,29,30)(H,31,35)/t19?,23-/m0/s1. The Hall–Kier alpha value is -3.72. The summed E-state index contributed by atoms with van der Waals surface area (Å²) in [6.07, 6.45) is 5.22. The molecule has 2 aromatic carbocycles. The van der Waals surface area contributed by atoms with E-state index in [2.05, 4.69) is 15.3 Å². The lowest BCUT2D eigenvalue weighted by atomic mass is 9.91. The smallest absolute Gasteiger partial charge is 0.240 e. The molecule has 1 aliphatic rings. The van der Waals surface area contributed by atoms with Crippen molar-refractivity contribution in [1.29, 1.82) is 0 Å². The van der Waals surface area contributed by atoms with Crippen LogP contribution in [0.15, 0.2) is 55.0 Å². The zero-order valence-electron chi connectivity index (χ0n) is 19.7. The number of nitrogens with two attached hydrogens (primary N) is 2. The van der Waals surface area contributed by atoms with Gasteiger partial charge in [0.25, 0.3) is 0 Å². The Morgan fingerprint density at radius 2 is 1.83 bits per heavy atom. The largest absolute Gasteiger partial charge is 0.368 e. The minimum atomic E-state index is -0.927. The van der Waals surface area contributed by atoms with Crippen molar-refractivity contribution >= 4 is 28.5 Å². The number of rotatable bonds is 9. The molecule has 0 bridgehead atoms. The first-order chi connectivity index (χ1) is 16.9. The number of likely N-dealkylation sites (tertiary alicyclic amines) is 1. The van der Waals surface area contributed by atoms with Crippen molar-refractivity contribution in [2.45, 2.75) is 44.2 Å². The van der Waals surface area contributed by atoms with Gasteiger partial charge in [-0.3, -0.25) is 14.4 Å². The maximum absolute atomic E-state index is 13.5. The van der Waals surface area contributed by atoms with E-state index in [0.717, 1.165) is 29.2 Å². The van der Waals surface area contributed by atoms with Crippen molar-refractivity contribution in [3.05, 3.63) is 66.2 Å². The van der Waals surface area contributed by atoms with Gasteiger partial charge in [-0.25, -0.2) is 4.98 Å². The monoisotopic (exact) mass is 476 g/mol. The number of fused-ring (bicyclic) bond motifs is 1. The van der Waals surface area contributed by atoms with E-state index in [1.165, 1.54) is 6.33 Å². The molecule has 2 atom stereocenters. The van der Waals surface area contributed by atoms with Gasteiger partial charge in [0, 0.05) is 38.2 Å². The molecule has 4 rings (SSSR count). The molecular weight excluding hydrogens is 444 g/mol. The van der Waals surface area contributed by atoms with Crippen LogP contribution in [-0.2, 0) is 27.2 Å². The Balaban J connectivity index is 1.55. The molecule has 0 aliphatic carbocycles. The van der Waals surface area contributed by atoms with Gasteiger partial charge >= 0.3 is 0 Å². The minimum Gasteiger partial charge on any atom is -0.368 e.